The first-order valence-corrected chi connectivity index (χ1v) is 9.09. The van der Waals surface area contributed by atoms with E-state index in [2.05, 4.69) is 15.9 Å². The number of rotatable bonds is 5. The van der Waals surface area contributed by atoms with Gasteiger partial charge in [0, 0.05) is 24.3 Å². The van der Waals surface area contributed by atoms with Crippen LogP contribution in [-0.2, 0) is 14.8 Å². The molecule has 7 heteroatoms. The number of hydrogen-bond acceptors (Lipinski definition) is 3. The molecule has 1 amide bonds. The number of halogens is 1. The van der Waals surface area contributed by atoms with Crippen LogP contribution in [0.2, 0.25) is 0 Å². The van der Waals surface area contributed by atoms with E-state index in [4.69, 9.17) is 0 Å². The van der Waals surface area contributed by atoms with Gasteiger partial charge < -0.3 is 4.90 Å². The highest BCUT2D eigenvalue weighted by molar-refractivity contribution is 9.10. The summed E-state index contributed by atoms with van der Waals surface area (Å²) in [4.78, 5) is 13.9. The van der Waals surface area contributed by atoms with Crippen LogP contribution in [0.15, 0.2) is 64.0 Å². The summed E-state index contributed by atoms with van der Waals surface area (Å²) in [5.41, 5.74) is 0.715. The molecule has 0 bridgehead atoms. The maximum Gasteiger partial charge on any atom is 0.243 e. The second-order valence-corrected chi connectivity index (χ2v) is 7.96. The predicted molar refractivity (Wildman–Crippen MR) is 93.8 cm³/mol. The largest absolute Gasteiger partial charge is 0.314 e. The Morgan fingerprint density at radius 2 is 1.57 bits per heavy atom. The van der Waals surface area contributed by atoms with Crippen molar-refractivity contribution in [2.24, 2.45) is 0 Å². The first kappa shape index (κ1) is 17.7. The van der Waals surface area contributed by atoms with Crippen LogP contribution in [0, 0.1) is 0 Å². The van der Waals surface area contributed by atoms with Gasteiger partial charge in [0.1, 0.15) is 0 Å². The molecule has 0 saturated heterocycles. The average Bonchev–Trinajstić information content (AvgIpc) is 2.55. The number of para-hydroxylation sites is 1. The Hall–Kier alpha value is -1.70. The zero-order valence-electron chi connectivity index (χ0n) is 12.8. The lowest BCUT2D eigenvalue weighted by atomic mass is 10.3. The Morgan fingerprint density at radius 3 is 2.13 bits per heavy atom. The second-order valence-electron chi connectivity index (χ2n) is 5.00. The molecule has 0 radical (unpaired) electrons. The van der Waals surface area contributed by atoms with Gasteiger partial charge in [-0.25, -0.2) is 8.42 Å². The summed E-state index contributed by atoms with van der Waals surface area (Å²) < 4.78 is 26.8. The summed E-state index contributed by atoms with van der Waals surface area (Å²) in [6.07, 6.45) is 0. The van der Waals surface area contributed by atoms with Gasteiger partial charge in [-0.05, 0) is 36.4 Å². The summed E-state index contributed by atoms with van der Waals surface area (Å²) >= 11 is 3.27. The van der Waals surface area contributed by atoms with Crippen molar-refractivity contribution in [1.29, 1.82) is 0 Å². The lowest BCUT2D eigenvalue weighted by molar-refractivity contribution is -0.118. The van der Waals surface area contributed by atoms with Gasteiger partial charge in [0.25, 0.3) is 0 Å². The molecule has 0 saturated carbocycles. The number of benzene rings is 2. The van der Waals surface area contributed by atoms with Crippen LogP contribution in [0.4, 0.5) is 5.69 Å². The molecule has 0 aliphatic carbocycles. The minimum atomic E-state index is -3.70. The molecule has 0 spiro atoms. The summed E-state index contributed by atoms with van der Waals surface area (Å²) in [6.45, 7) is -0.232. The molecule has 0 atom stereocenters. The van der Waals surface area contributed by atoms with Gasteiger partial charge in [-0.1, -0.05) is 34.1 Å². The molecule has 23 heavy (non-hydrogen) atoms. The fraction of sp³-hybridized carbons (Fsp3) is 0.188. The molecule has 0 heterocycles. The highest BCUT2D eigenvalue weighted by atomic mass is 79.9. The fourth-order valence-corrected chi connectivity index (χ4v) is 3.35. The van der Waals surface area contributed by atoms with Crippen molar-refractivity contribution in [2.45, 2.75) is 4.90 Å². The van der Waals surface area contributed by atoms with Gasteiger partial charge in [-0.15, -0.1) is 0 Å². The third-order valence-corrected chi connectivity index (χ3v) is 5.74. The molecule has 5 nitrogen and oxygen atoms in total. The zero-order chi connectivity index (χ0) is 17.0. The number of sulfonamides is 1. The highest BCUT2D eigenvalue weighted by Gasteiger charge is 2.24. The lowest BCUT2D eigenvalue weighted by Crippen LogP contribution is -2.39. The van der Waals surface area contributed by atoms with E-state index in [1.54, 1.807) is 31.3 Å². The van der Waals surface area contributed by atoms with Crippen molar-refractivity contribution >= 4 is 37.5 Å². The number of likely N-dealkylation sites (N-methyl/N-ethyl adjacent to an activating group) is 2. The van der Waals surface area contributed by atoms with Crippen LogP contribution in [0.1, 0.15) is 0 Å². The summed E-state index contributed by atoms with van der Waals surface area (Å²) in [6, 6.07) is 15.4. The number of hydrogen-bond donors (Lipinski definition) is 0. The van der Waals surface area contributed by atoms with Crippen LogP contribution in [-0.4, -0.2) is 39.3 Å². The van der Waals surface area contributed by atoms with E-state index in [9.17, 15) is 13.2 Å². The van der Waals surface area contributed by atoms with E-state index in [0.717, 1.165) is 8.78 Å². The Balaban J connectivity index is 2.13. The molecule has 2 aromatic rings. The third-order valence-electron chi connectivity index (χ3n) is 3.40. The van der Waals surface area contributed by atoms with Crippen LogP contribution < -0.4 is 4.90 Å². The molecule has 0 aromatic heterocycles. The fourth-order valence-electron chi connectivity index (χ4n) is 1.96. The summed E-state index contributed by atoms with van der Waals surface area (Å²) in [5.74, 6) is -0.306. The molecule has 0 unspecified atom stereocenters. The molecule has 0 fully saturated rings. The Labute approximate surface area is 144 Å². The average molecular weight is 397 g/mol. The van der Waals surface area contributed by atoms with Crippen molar-refractivity contribution < 1.29 is 13.2 Å². The van der Waals surface area contributed by atoms with Crippen molar-refractivity contribution in [3.63, 3.8) is 0 Å². The Bertz CT molecular complexity index is 777. The van der Waals surface area contributed by atoms with E-state index in [1.807, 2.05) is 18.2 Å². The number of carbonyl (C=O) groups is 1. The van der Waals surface area contributed by atoms with E-state index >= 15 is 0 Å². The van der Waals surface area contributed by atoms with E-state index in [0.29, 0.717) is 5.69 Å². The van der Waals surface area contributed by atoms with Gasteiger partial charge >= 0.3 is 0 Å². The van der Waals surface area contributed by atoms with Gasteiger partial charge in [0.2, 0.25) is 15.9 Å². The molecule has 0 aliphatic heterocycles. The van der Waals surface area contributed by atoms with E-state index in [-0.39, 0.29) is 17.3 Å². The maximum atomic E-state index is 12.5. The third kappa shape index (κ3) is 4.19. The predicted octanol–water partition coefficient (Wildman–Crippen LogP) is 2.73. The quantitative estimate of drug-likeness (QED) is 0.780. The molecular formula is C16H17BrN2O3S. The molecule has 0 N–H and O–H groups in total. The van der Waals surface area contributed by atoms with Crippen LogP contribution in [0.5, 0.6) is 0 Å². The maximum absolute atomic E-state index is 12.5. The van der Waals surface area contributed by atoms with Crippen molar-refractivity contribution in [2.75, 3.05) is 25.5 Å². The van der Waals surface area contributed by atoms with E-state index < -0.39 is 10.0 Å². The van der Waals surface area contributed by atoms with Crippen molar-refractivity contribution in [3.8, 4) is 0 Å². The topological polar surface area (TPSA) is 57.7 Å². The van der Waals surface area contributed by atoms with Crippen LogP contribution in [0.3, 0.4) is 0 Å². The Morgan fingerprint density at radius 1 is 1.00 bits per heavy atom. The van der Waals surface area contributed by atoms with Crippen LogP contribution >= 0.6 is 15.9 Å². The zero-order valence-corrected chi connectivity index (χ0v) is 15.2. The normalized spacial score (nSPS) is 11.5. The standard InChI is InChI=1S/C16H17BrN2O3S/c1-18(23(21,22)15-10-8-13(17)9-11-15)12-16(20)19(2)14-6-4-3-5-7-14/h3-11H,12H2,1-2H3. The van der Waals surface area contributed by atoms with Gasteiger partial charge in [-0.3, -0.25) is 4.79 Å². The first-order chi connectivity index (χ1) is 10.8. The Kier molecular flexibility index (Phi) is 5.56. The molecule has 2 rings (SSSR count). The SMILES string of the molecule is CN(C(=O)CN(C)S(=O)(=O)c1ccc(Br)cc1)c1ccccc1. The highest BCUT2D eigenvalue weighted by Crippen LogP contribution is 2.18. The van der Waals surface area contributed by atoms with Gasteiger partial charge in [0.15, 0.2) is 0 Å². The summed E-state index contributed by atoms with van der Waals surface area (Å²) in [7, 11) is -0.682. The van der Waals surface area contributed by atoms with Crippen LogP contribution in [0.25, 0.3) is 0 Å². The lowest BCUT2D eigenvalue weighted by Gasteiger charge is -2.22. The minimum absolute atomic E-state index is 0.151. The monoisotopic (exact) mass is 396 g/mol. The molecular weight excluding hydrogens is 380 g/mol. The molecule has 2 aromatic carbocycles. The number of nitrogens with zero attached hydrogens (tertiary/aromatic N) is 2. The number of carbonyl (C=O) groups excluding carboxylic acids is 1. The van der Waals surface area contributed by atoms with Crippen molar-refractivity contribution in [3.05, 3.63) is 59.1 Å². The minimum Gasteiger partial charge on any atom is -0.314 e. The summed E-state index contributed by atoms with van der Waals surface area (Å²) in [5, 5.41) is 0. The van der Waals surface area contributed by atoms with Gasteiger partial charge in [-0.2, -0.15) is 4.31 Å². The molecule has 0 aliphatic rings. The second kappa shape index (κ2) is 7.25. The van der Waals surface area contributed by atoms with Crippen molar-refractivity contribution in [1.82, 2.24) is 4.31 Å². The smallest absolute Gasteiger partial charge is 0.243 e. The number of amides is 1. The molecule has 122 valence electrons. The van der Waals surface area contributed by atoms with Gasteiger partial charge in [0.05, 0.1) is 11.4 Å². The first-order valence-electron chi connectivity index (χ1n) is 6.86. The van der Waals surface area contributed by atoms with E-state index in [1.165, 1.54) is 24.1 Å². The number of anilines is 1.